The number of hydrogen-bond donors (Lipinski definition) is 4. The highest BCUT2D eigenvalue weighted by molar-refractivity contribution is 6.40. The van der Waals surface area contributed by atoms with Gasteiger partial charge in [-0.3, -0.25) is 0 Å². The summed E-state index contributed by atoms with van der Waals surface area (Å²) in [6, 6.07) is 0. The number of rotatable bonds is 4. The van der Waals surface area contributed by atoms with E-state index in [0.717, 1.165) is 12.1 Å². The second kappa shape index (κ2) is 3.54. The van der Waals surface area contributed by atoms with Crippen LogP contribution in [0.5, 0.6) is 0 Å². The van der Waals surface area contributed by atoms with Crippen molar-refractivity contribution in [2.75, 3.05) is 0 Å². The van der Waals surface area contributed by atoms with Gasteiger partial charge in [0, 0.05) is 5.70 Å². The van der Waals surface area contributed by atoms with Crippen molar-refractivity contribution in [3.8, 4) is 0 Å². The molecule has 5 nitrogen and oxygen atoms in total. The Morgan fingerprint density at radius 1 is 1.67 bits per heavy atom. The largest absolute Gasteiger partial charge is 0.479 e. The summed E-state index contributed by atoms with van der Waals surface area (Å²) in [5.74, 6) is -0.607. The highest BCUT2D eigenvalue weighted by Gasteiger charge is 2.58. The number of hydrogen-bond acceptors (Lipinski definition) is 4. The third-order valence-corrected chi connectivity index (χ3v) is 3.19. The van der Waals surface area contributed by atoms with Gasteiger partial charge in [-0.25, -0.2) is 4.79 Å². The molecule has 1 aliphatic carbocycles. The van der Waals surface area contributed by atoms with Crippen molar-refractivity contribution >= 4 is 13.1 Å². The fraction of sp³-hybridized carbons (Fsp3) is 0.667. The first kappa shape index (κ1) is 10.5. The molecule has 0 spiro atoms. The average Bonchev–Trinajstić information content (AvgIpc) is 2.89. The van der Waals surface area contributed by atoms with Gasteiger partial charge in [-0.15, -0.1) is 0 Å². The predicted octanol–water partition coefficient (Wildman–Crippen LogP) is -0.430. The first-order chi connectivity index (χ1) is 7.04. The smallest absolute Gasteiger partial charge is 0.451 e. The van der Waals surface area contributed by atoms with E-state index in [-0.39, 0.29) is 5.92 Å². The van der Waals surface area contributed by atoms with E-state index < -0.39 is 18.6 Å². The predicted molar refractivity (Wildman–Crippen MR) is 53.9 cm³/mol. The second-order valence-electron chi connectivity index (χ2n) is 4.32. The molecule has 0 saturated carbocycles. The first-order valence-corrected chi connectivity index (χ1v) is 5.13. The molecular weight excluding hydrogens is 197 g/mol. The maximum absolute atomic E-state index is 11.0. The van der Waals surface area contributed by atoms with Gasteiger partial charge in [0.25, 0.3) is 0 Å². The number of aliphatic carboxylic acids is 1. The molecule has 2 aliphatic rings. The summed E-state index contributed by atoms with van der Waals surface area (Å²) in [5, 5.41) is 29.4. The van der Waals surface area contributed by atoms with Crippen molar-refractivity contribution in [1.29, 1.82) is 0 Å². The maximum atomic E-state index is 11.0. The lowest BCUT2D eigenvalue weighted by Crippen LogP contribution is -2.31. The molecule has 0 radical (unpaired) electrons. The summed E-state index contributed by atoms with van der Waals surface area (Å²) in [6.07, 6.45) is 4.25. The zero-order chi connectivity index (χ0) is 11.1. The molecule has 2 rings (SSSR count). The number of carboxylic acid groups (broad SMARTS) is 1. The Bertz CT molecular complexity index is 317. The Morgan fingerprint density at radius 2 is 2.40 bits per heavy atom. The van der Waals surface area contributed by atoms with Crippen LogP contribution in [0.3, 0.4) is 0 Å². The van der Waals surface area contributed by atoms with E-state index in [1.807, 2.05) is 6.08 Å². The molecule has 0 aromatic carbocycles. The molecule has 0 aromatic rings. The highest BCUT2D eigenvalue weighted by Crippen LogP contribution is 2.44. The summed E-state index contributed by atoms with van der Waals surface area (Å²) in [4.78, 5) is 11.0. The molecule has 1 saturated heterocycles. The second-order valence-corrected chi connectivity index (χ2v) is 4.32. The van der Waals surface area contributed by atoms with Gasteiger partial charge in [-0.1, -0.05) is 12.5 Å². The van der Waals surface area contributed by atoms with Crippen molar-refractivity contribution in [1.82, 2.24) is 5.32 Å². The van der Waals surface area contributed by atoms with Crippen LogP contribution < -0.4 is 5.32 Å². The fourth-order valence-electron chi connectivity index (χ4n) is 2.25. The molecule has 0 amide bonds. The van der Waals surface area contributed by atoms with Crippen molar-refractivity contribution in [2.24, 2.45) is 5.92 Å². The normalized spacial score (nSPS) is 32.4. The number of fused-ring (bicyclic) bond motifs is 1. The van der Waals surface area contributed by atoms with E-state index in [0.29, 0.717) is 19.2 Å². The van der Waals surface area contributed by atoms with Crippen molar-refractivity contribution in [2.45, 2.75) is 31.1 Å². The molecule has 1 aliphatic heterocycles. The van der Waals surface area contributed by atoms with Crippen molar-refractivity contribution < 1.29 is 19.9 Å². The van der Waals surface area contributed by atoms with Gasteiger partial charge < -0.3 is 20.5 Å². The summed E-state index contributed by atoms with van der Waals surface area (Å²) in [7, 11) is -1.29. The fourth-order valence-corrected chi connectivity index (χ4v) is 2.25. The minimum absolute atomic E-state index is 0.224. The van der Waals surface area contributed by atoms with Gasteiger partial charge in [0.1, 0.15) is 0 Å². The molecule has 2 atom stereocenters. The maximum Gasteiger partial charge on any atom is 0.451 e. The lowest BCUT2D eigenvalue weighted by molar-refractivity contribution is -0.140. The van der Waals surface area contributed by atoms with Gasteiger partial charge in [-0.05, 0) is 25.1 Å². The summed E-state index contributed by atoms with van der Waals surface area (Å²) < 4.78 is 0. The molecule has 1 heterocycles. The first-order valence-electron chi connectivity index (χ1n) is 5.13. The average molecular weight is 211 g/mol. The van der Waals surface area contributed by atoms with Gasteiger partial charge in [0.05, 0.1) is 0 Å². The van der Waals surface area contributed by atoms with Crippen LogP contribution in [0.15, 0.2) is 11.8 Å². The number of carbonyl (C=O) groups is 1. The van der Waals surface area contributed by atoms with E-state index >= 15 is 0 Å². The van der Waals surface area contributed by atoms with Crippen LogP contribution in [0.4, 0.5) is 0 Å². The number of carboxylic acids is 1. The third-order valence-electron chi connectivity index (χ3n) is 3.19. The Balaban J connectivity index is 1.93. The van der Waals surface area contributed by atoms with E-state index in [1.54, 1.807) is 0 Å². The van der Waals surface area contributed by atoms with E-state index in [4.69, 9.17) is 15.2 Å². The Labute approximate surface area is 87.9 Å². The molecule has 82 valence electrons. The van der Waals surface area contributed by atoms with Crippen LogP contribution in [-0.2, 0) is 4.79 Å². The number of nitrogens with one attached hydrogen (secondary N) is 1. The molecule has 2 unspecified atom stereocenters. The monoisotopic (exact) mass is 211 g/mol. The van der Waals surface area contributed by atoms with Crippen LogP contribution in [-0.4, -0.2) is 33.8 Å². The van der Waals surface area contributed by atoms with Gasteiger partial charge >= 0.3 is 13.1 Å². The molecular formula is C9H14BNO4. The van der Waals surface area contributed by atoms with Crippen LogP contribution in [0.25, 0.3) is 0 Å². The molecule has 1 fully saturated rings. The molecule has 0 aromatic heterocycles. The lowest BCUT2D eigenvalue weighted by Gasteiger charge is -2.20. The van der Waals surface area contributed by atoms with Gasteiger partial charge in [0.15, 0.2) is 5.54 Å². The summed E-state index contributed by atoms with van der Waals surface area (Å²) >= 11 is 0. The Morgan fingerprint density at radius 3 is 3.00 bits per heavy atom. The van der Waals surface area contributed by atoms with Crippen molar-refractivity contribution in [3.63, 3.8) is 0 Å². The van der Waals surface area contributed by atoms with Crippen molar-refractivity contribution in [3.05, 3.63) is 11.8 Å². The minimum Gasteiger partial charge on any atom is -0.479 e. The third kappa shape index (κ3) is 1.87. The zero-order valence-corrected chi connectivity index (χ0v) is 8.31. The van der Waals surface area contributed by atoms with Gasteiger partial charge in [-0.2, -0.15) is 0 Å². The highest BCUT2D eigenvalue weighted by atomic mass is 16.4. The topological polar surface area (TPSA) is 99.7 Å². The molecule has 6 heteroatoms. The summed E-state index contributed by atoms with van der Waals surface area (Å²) in [5.41, 5.74) is -0.0145. The quantitative estimate of drug-likeness (QED) is 0.373. The van der Waals surface area contributed by atoms with Crippen LogP contribution in [0.2, 0.25) is 6.32 Å². The molecule has 0 bridgehead atoms. The SMILES string of the molecule is O=C(O)C12CC(CCB(O)O)CC=C1N2. The summed E-state index contributed by atoms with van der Waals surface area (Å²) in [6.45, 7) is 0. The van der Waals surface area contributed by atoms with E-state index in [2.05, 4.69) is 5.32 Å². The Kier molecular flexibility index (Phi) is 2.48. The van der Waals surface area contributed by atoms with Crippen LogP contribution >= 0.6 is 0 Å². The minimum atomic E-state index is -1.29. The van der Waals surface area contributed by atoms with Gasteiger partial charge in [0.2, 0.25) is 0 Å². The standard InChI is InChI=1S/C9H14BNO4/c12-8(13)9-5-6(3-4-10(14)15)1-2-7(9)11-9/h2,6,11,14-15H,1,3-5H2,(H,12,13). The molecule has 15 heavy (non-hydrogen) atoms. The molecule has 4 N–H and O–H groups in total. The van der Waals surface area contributed by atoms with Crippen LogP contribution in [0, 0.1) is 5.92 Å². The Hall–Kier alpha value is -1.01. The van der Waals surface area contributed by atoms with E-state index in [9.17, 15) is 4.79 Å². The van der Waals surface area contributed by atoms with Crippen LogP contribution in [0.1, 0.15) is 19.3 Å². The van der Waals surface area contributed by atoms with E-state index in [1.165, 1.54) is 0 Å². The lowest BCUT2D eigenvalue weighted by atomic mass is 9.76. The number of allylic oxidation sites excluding steroid dienone is 1. The zero-order valence-electron chi connectivity index (χ0n) is 8.31.